The Morgan fingerprint density at radius 3 is 2.68 bits per heavy atom. The molecule has 98 valence electrons. The van der Waals surface area contributed by atoms with Gasteiger partial charge in [-0.2, -0.15) is 0 Å². The molecule has 1 aromatic heterocycles. The average Bonchev–Trinajstić information content (AvgIpc) is 2.43. The lowest BCUT2D eigenvalue weighted by atomic mass is 10.0. The zero-order valence-electron chi connectivity index (χ0n) is 10.9. The fourth-order valence-electron chi connectivity index (χ4n) is 1.77. The molecule has 1 unspecified atom stereocenters. The first kappa shape index (κ1) is 13.6. The summed E-state index contributed by atoms with van der Waals surface area (Å²) in [6, 6.07) is 11.4. The summed E-state index contributed by atoms with van der Waals surface area (Å²) < 4.78 is 0. The van der Waals surface area contributed by atoms with Gasteiger partial charge in [0, 0.05) is 6.20 Å². The quantitative estimate of drug-likeness (QED) is 0.866. The van der Waals surface area contributed by atoms with E-state index in [0.717, 1.165) is 11.1 Å². The molecule has 1 N–H and O–H groups in total. The van der Waals surface area contributed by atoms with Crippen molar-refractivity contribution in [1.29, 1.82) is 0 Å². The summed E-state index contributed by atoms with van der Waals surface area (Å²) in [6.07, 6.45) is 1.67. The summed E-state index contributed by atoms with van der Waals surface area (Å²) in [5.41, 5.74) is 2.47. The number of pyridine rings is 1. The van der Waals surface area contributed by atoms with Crippen molar-refractivity contribution >= 4 is 23.2 Å². The molecule has 0 spiro atoms. The van der Waals surface area contributed by atoms with Crippen molar-refractivity contribution in [2.45, 2.75) is 19.8 Å². The molecule has 0 aliphatic rings. The summed E-state index contributed by atoms with van der Waals surface area (Å²) in [6.45, 7) is 3.77. The van der Waals surface area contributed by atoms with Gasteiger partial charge >= 0.3 is 0 Å². The van der Waals surface area contributed by atoms with E-state index < -0.39 is 0 Å². The number of aryl methyl sites for hydroxylation is 1. The second-order valence-corrected chi connectivity index (χ2v) is 4.83. The monoisotopic (exact) mass is 274 g/mol. The molecule has 0 radical (unpaired) electrons. The molecule has 0 aliphatic carbocycles. The number of anilines is 1. The number of amides is 1. The highest BCUT2D eigenvalue weighted by Gasteiger charge is 2.16. The van der Waals surface area contributed by atoms with Crippen molar-refractivity contribution in [1.82, 2.24) is 4.98 Å². The number of rotatable bonds is 3. The summed E-state index contributed by atoms with van der Waals surface area (Å²) in [5, 5.41) is 3.12. The highest BCUT2D eigenvalue weighted by atomic mass is 35.5. The van der Waals surface area contributed by atoms with Crippen molar-refractivity contribution in [3.63, 3.8) is 0 Å². The topological polar surface area (TPSA) is 42.0 Å². The van der Waals surface area contributed by atoms with E-state index in [1.54, 1.807) is 6.20 Å². The molecule has 3 nitrogen and oxygen atoms in total. The smallest absolute Gasteiger partial charge is 0.231 e. The fourth-order valence-corrected chi connectivity index (χ4v) is 1.92. The molecular weight excluding hydrogens is 260 g/mol. The number of benzene rings is 1. The van der Waals surface area contributed by atoms with E-state index in [9.17, 15) is 4.79 Å². The Kier molecular flexibility index (Phi) is 4.17. The van der Waals surface area contributed by atoms with Crippen LogP contribution in [0.25, 0.3) is 0 Å². The summed E-state index contributed by atoms with van der Waals surface area (Å²) in [5.74, 6) is -0.335. The number of nitrogens with one attached hydrogen (secondary N) is 1. The van der Waals surface area contributed by atoms with Gasteiger partial charge in [-0.25, -0.2) is 4.98 Å². The molecule has 0 fully saturated rings. The fraction of sp³-hybridized carbons (Fsp3) is 0.200. The number of halogens is 1. The molecule has 0 bridgehead atoms. The minimum absolute atomic E-state index is 0.0968. The van der Waals surface area contributed by atoms with E-state index in [1.165, 1.54) is 0 Å². The molecule has 0 saturated carbocycles. The lowest BCUT2D eigenvalue weighted by molar-refractivity contribution is -0.117. The first-order valence-electron chi connectivity index (χ1n) is 6.06. The third kappa shape index (κ3) is 3.32. The van der Waals surface area contributed by atoms with Crippen molar-refractivity contribution in [2.24, 2.45) is 0 Å². The number of hydrogen-bond donors (Lipinski definition) is 1. The Labute approximate surface area is 117 Å². The minimum atomic E-state index is -0.238. The molecule has 4 heteroatoms. The van der Waals surface area contributed by atoms with Gasteiger partial charge in [0.25, 0.3) is 0 Å². The second-order valence-electron chi connectivity index (χ2n) is 4.47. The average molecular weight is 275 g/mol. The SMILES string of the molecule is Cc1cnc(Cl)c(NC(=O)C(C)c2ccccc2)c1. The molecule has 1 heterocycles. The highest BCUT2D eigenvalue weighted by molar-refractivity contribution is 6.32. The molecule has 1 amide bonds. The Hall–Kier alpha value is -1.87. The van der Waals surface area contributed by atoms with Crippen LogP contribution in [-0.4, -0.2) is 10.9 Å². The lowest BCUT2D eigenvalue weighted by Crippen LogP contribution is -2.19. The van der Waals surface area contributed by atoms with Crippen LogP contribution >= 0.6 is 11.6 Å². The Balaban J connectivity index is 2.15. The van der Waals surface area contributed by atoms with Gasteiger partial charge in [0.05, 0.1) is 11.6 Å². The summed E-state index contributed by atoms with van der Waals surface area (Å²) >= 11 is 5.97. The first-order valence-corrected chi connectivity index (χ1v) is 6.43. The predicted molar refractivity (Wildman–Crippen MR) is 77.5 cm³/mol. The van der Waals surface area contributed by atoms with E-state index in [1.807, 2.05) is 50.2 Å². The van der Waals surface area contributed by atoms with Crippen LogP contribution in [0.5, 0.6) is 0 Å². The van der Waals surface area contributed by atoms with Crippen LogP contribution in [0.15, 0.2) is 42.6 Å². The van der Waals surface area contributed by atoms with Crippen LogP contribution in [0, 0.1) is 6.92 Å². The normalized spacial score (nSPS) is 11.9. The van der Waals surface area contributed by atoms with Crippen molar-refractivity contribution in [2.75, 3.05) is 5.32 Å². The first-order chi connectivity index (χ1) is 9.08. The lowest BCUT2D eigenvalue weighted by Gasteiger charge is -2.13. The van der Waals surface area contributed by atoms with Crippen LogP contribution in [0.2, 0.25) is 5.15 Å². The van der Waals surface area contributed by atoms with E-state index in [2.05, 4.69) is 10.3 Å². The molecule has 19 heavy (non-hydrogen) atoms. The van der Waals surface area contributed by atoms with Gasteiger partial charge in [-0.05, 0) is 31.0 Å². The van der Waals surface area contributed by atoms with Crippen LogP contribution in [0.1, 0.15) is 24.0 Å². The van der Waals surface area contributed by atoms with Gasteiger partial charge < -0.3 is 5.32 Å². The number of carbonyl (C=O) groups is 1. The zero-order chi connectivity index (χ0) is 13.8. The van der Waals surface area contributed by atoms with Crippen LogP contribution in [0.3, 0.4) is 0 Å². The number of nitrogens with zero attached hydrogens (tertiary/aromatic N) is 1. The maximum absolute atomic E-state index is 12.2. The van der Waals surface area contributed by atoms with Gasteiger partial charge in [0.2, 0.25) is 5.91 Å². The van der Waals surface area contributed by atoms with Gasteiger partial charge in [0.1, 0.15) is 0 Å². The number of hydrogen-bond acceptors (Lipinski definition) is 2. The van der Waals surface area contributed by atoms with Gasteiger partial charge in [-0.15, -0.1) is 0 Å². The third-order valence-corrected chi connectivity index (χ3v) is 3.23. The Morgan fingerprint density at radius 2 is 2.00 bits per heavy atom. The molecule has 0 aliphatic heterocycles. The maximum atomic E-state index is 12.2. The van der Waals surface area contributed by atoms with Crippen LogP contribution < -0.4 is 5.32 Å². The van der Waals surface area contributed by atoms with Gasteiger partial charge in [-0.3, -0.25) is 4.79 Å². The minimum Gasteiger partial charge on any atom is -0.323 e. The van der Waals surface area contributed by atoms with E-state index in [0.29, 0.717) is 10.8 Å². The van der Waals surface area contributed by atoms with Crippen LogP contribution in [0.4, 0.5) is 5.69 Å². The van der Waals surface area contributed by atoms with Crippen molar-refractivity contribution in [3.05, 3.63) is 58.9 Å². The molecule has 1 aromatic carbocycles. The zero-order valence-corrected chi connectivity index (χ0v) is 11.6. The maximum Gasteiger partial charge on any atom is 0.231 e. The molecular formula is C15H15ClN2O. The van der Waals surface area contributed by atoms with Crippen molar-refractivity contribution in [3.8, 4) is 0 Å². The molecule has 2 aromatic rings. The number of carbonyl (C=O) groups excluding carboxylic acids is 1. The third-order valence-electron chi connectivity index (χ3n) is 2.93. The molecule has 2 rings (SSSR count). The highest BCUT2D eigenvalue weighted by Crippen LogP contribution is 2.22. The van der Waals surface area contributed by atoms with E-state index in [4.69, 9.17) is 11.6 Å². The van der Waals surface area contributed by atoms with E-state index in [-0.39, 0.29) is 11.8 Å². The molecule has 0 saturated heterocycles. The Bertz CT molecular complexity index is 584. The Morgan fingerprint density at radius 1 is 1.32 bits per heavy atom. The largest absolute Gasteiger partial charge is 0.323 e. The standard InChI is InChI=1S/C15H15ClN2O/c1-10-8-13(14(16)17-9-10)18-15(19)11(2)12-6-4-3-5-7-12/h3-9,11H,1-2H3,(H,18,19). The number of aromatic nitrogens is 1. The van der Waals surface area contributed by atoms with Crippen molar-refractivity contribution < 1.29 is 4.79 Å². The predicted octanol–water partition coefficient (Wildman–Crippen LogP) is 3.79. The van der Waals surface area contributed by atoms with E-state index >= 15 is 0 Å². The summed E-state index contributed by atoms with van der Waals surface area (Å²) in [4.78, 5) is 16.2. The van der Waals surface area contributed by atoms with Crippen LogP contribution in [-0.2, 0) is 4.79 Å². The second kappa shape index (κ2) is 5.85. The van der Waals surface area contributed by atoms with Gasteiger partial charge in [-0.1, -0.05) is 41.9 Å². The van der Waals surface area contributed by atoms with Gasteiger partial charge in [0.15, 0.2) is 5.15 Å². The summed E-state index contributed by atoms with van der Waals surface area (Å²) in [7, 11) is 0. The molecule has 1 atom stereocenters.